The fourth-order valence-electron chi connectivity index (χ4n) is 15.1. The molecule has 18 rings (SSSR count). The molecule has 15 aromatic rings. The zero-order chi connectivity index (χ0) is 81.7. The standard InChI is InChI=1S/C39H32N2O2S.C27H23N.C15H13Br2N.C12H10BrNO2S.C6H7BO2/c1-27-35(23-24-38(40-27)44(42,43)32-17-11-6-12-18-32)41-36-21-19-30(28-13-7-4-8-14-28)25-33(36)39(2,3)34-26-31(20-22-37(34)41)29-15-9-5-10-16-29;1-27(2)23-17-21(19-9-5-3-6-10-19)13-15-25(23)28-26-16-14-22(18-24(26)27)20-11-7-4-8-12-20;1-15(2)11-7-9(16)3-5-13(11)18-14-6-4-10(17)8-12(14)15;1-9-11(13)7-8-12(14-9)17(15,16)10-5-3-2-4-6-10;8-7(9)6-4-2-1-3-5-6/h4-26H,1-3H3;3-18,28H,1-2H3;3-8,18H,1-2H3;2-8H,1H3;1-5,8-9H. The number of fused-ring (bicyclic) bond motifs is 6. The Morgan fingerprint density at radius 1 is 0.310 bits per heavy atom. The summed E-state index contributed by atoms with van der Waals surface area (Å²) in [5.74, 6) is 0. The van der Waals surface area contributed by atoms with E-state index in [0.717, 1.165) is 52.7 Å². The highest BCUT2D eigenvalue weighted by molar-refractivity contribution is 9.11. The van der Waals surface area contributed by atoms with Crippen molar-refractivity contribution < 1.29 is 26.9 Å². The van der Waals surface area contributed by atoms with Crippen LogP contribution in [-0.4, -0.2) is 44.0 Å². The van der Waals surface area contributed by atoms with Crippen molar-refractivity contribution in [2.45, 2.75) is 91.5 Å². The minimum Gasteiger partial charge on any atom is -0.423 e. The molecule has 5 heterocycles. The quantitative estimate of drug-likeness (QED) is 0.0965. The summed E-state index contributed by atoms with van der Waals surface area (Å²) in [6, 6.07) is 114. The number of anilines is 7. The van der Waals surface area contributed by atoms with Gasteiger partial charge in [0.1, 0.15) is 0 Å². The monoisotopic (exact) mass is 1750 g/mol. The van der Waals surface area contributed by atoms with Gasteiger partial charge in [-0.05, 0) is 247 Å². The summed E-state index contributed by atoms with van der Waals surface area (Å²) in [7, 11) is -8.60. The lowest BCUT2D eigenvalue weighted by atomic mass is 9.72. The predicted molar refractivity (Wildman–Crippen MR) is 486 cm³/mol. The Morgan fingerprint density at radius 3 is 0.931 bits per heavy atom. The molecule has 11 nitrogen and oxygen atoms in total. The Morgan fingerprint density at radius 2 is 0.595 bits per heavy atom. The number of hydrogen-bond acceptors (Lipinski definition) is 11. The van der Waals surface area contributed by atoms with Crippen LogP contribution in [0, 0.1) is 13.8 Å². The van der Waals surface area contributed by atoms with Crippen molar-refractivity contribution in [3.63, 3.8) is 0 Å². The first-order chi connectivity index (χ1) is 55.7. The molecule has 578 valence electrons. The van der Waals surface area contributed by atoms with Crippen LogP contribution in [0.2, 0.25) is 0 Å². The van der Waals surface area contributed by atoms with Crippen LogP contribution >= 0.6 is 47.8 Å². The highest BCUT2D eigenvalue weighted by Gasteiger charge is 2.40. The van der Waals surface area contributed by atoms with Crippen molar-refractivity contribution in [1.29, 1.82) is 0 Å². The number of aromatic nitrogens is 2. The average molecular weight is 1760 g/mol. The van der Waals surface area contributed by atoms with E-state index in [2.05, 4.69) is 333 Å². The van der Waals surface area contributed by atoms with E-state index in [-0.39, 0.29) is 36.1 Å². The van der Waals surface area contributed by atoms with Crippen LogP contribution in [0.1, 0.15) is 86.3 Å². The molecule has 0 unspecified atom stereocenters. The summed E-state index contributed by atoms with van der Waals surface area (Å²) in [6.07, 6.45) is 0. The topological polar surface area (TPSA) is 162 Å². The van der Waals surface area contributed by atoms with Crippen molar-refractivity contribution >= 4 is 120 Å². The number of sulfone groups is 2. The predicted octanol–water partition coefficient (Wildman–Crippen LogP) is 25.0. The summed E-state index contributed by atoms with van der Waals surface area (Å²) in [6.45, 7) is 17.4. The highest BCUT2D eigenvalue weighted by Crippen LogP contribution is 2.55. The van der Waals surface area contributed by atoms with E-state index in [1.165, 1.54) is 84.5 Å². The molecule has 0 saturated heterocycles. The molecule has 116 heavy (non-hydrogen) atoms. The Hall–Kier alpha value is -11.1. The van der Waals surface area contributed by atoms with E-state index in [0.29, 0.717) is 16.9 Å². The number of pyridine rings is 2. The van der Waals surface area contributed by atoms with Crippen LogP contribution in [-0.2, 0) is 35.9 Å². The molecule has 4 N–H and O–H groups in total. The SMILES string of the molecule is CC1(C)c2cc(-c3ccccc3)ccc2Nc2ccc(-c3ccccc3)cc21.CC1(C)c2cc(Br)ccc2Nc2ccc(Br)cc21.Cc1nc(S(=O)(=O)c2ccccc2)ccc1Br.Cc1nc(S(=O)(=O)c2ccccc2)ccc1N1c2ccc(-c3ccccc3)cc2C(C)(C)c2cc(-c3ccccc3)ccc21.OB(O)c1ccccc1. The van der Waals surface area contributed by atoms with Crippen LogP contribution in [0.15, 0.2) is 379 Å². The second kappa shape index (κ2) is 34.4. The highest BCUT2D eigenvalue weighted by atomic mass is 79.9. The Labute approximate surface area is 706 Å². The largest absolute Gasteiger partial charge is 0.488 e. The van der Waals surface area contributed by atoms with Crippen LogP contribution < -0.4 is 21.0 Å². The fraction of sp³-hybridized carbons (Fsp3) is 0.111. The number of hydrogen-bond donors (Lipinski definition) is 4. The summed E-state index contributed by atoms with van der Waals surface area (Å²) in [5, 5.41) is 24.4. The number of rotatable bonds is 10. The Balaban J connectivity index is 0.000000131. The minimum absolute atomic E-state index is 0.00345. The molecule has 0 fully saturated rings. The van der Waals surface area contributed by atoms with Gasteiger partial charge in [0.05, 0.1) is 38.2 Å². The van der Waals surface area contributed by atoms with Gasteiger partial charge in [0, 0.05) is 52.4 Å². The zero-order valence-corrected chi connectivity index (χ0v) is 71.7. The molecule has 0 radical (unpaired) electrons. The van der Waals surface area contributed by atoms with Gasteiger partial charge in [-0.25, -0.2) is 26.8 Å². The average Bonchev–Trinajstić information content (AvgIpc) is 0.716. The molecule has 0 spiro atoms. The Bertz CT molecular complexity index is 6080. The molecule has 13 aromatic carbocycles. The van der Waals surface area contributed by atoms with Gasteiger partial charge in [-0.2, -0.15) is 0 Å². The van der Waals surface area contributed by atoms with Gasteiger partial charge in [-0.3, -0.25) is 0 Å². The minimum atomic E-state index is -3.75. The molecule has 0 saturated carbocycles. The molecule has 3 aliphatic heterocycles. The first kappa shape index (κ1) is 81.5. The first-order valence-corrected chi connectivity index (χ1v) is 43.4. The molecule has 17 heteroatoms. The van der Waals surface area contributed by atoms with Crippen molar-refractivity contribution in [3.8, 4) is 44.5 Å². The van der Waals surface area contributed by atoms with E-state index in [1.54, 1.807) is 104 Å². The van der Waals surface area contributed by atoms with Crippen LogP contribution in [0.4, 0.5) is 39.8 Å². The smallest absolute Gasteiger partial charge is 0.423 e. The van der Waals surface area contributed by atoms with Gasteiger partial charge < -0.3 is 25.6 Å². The van der Waals surface area contributed by atoms with E-state index < -0.39 is 26.8 Å². The molecule has 0 amide bonds. The van der Waals surface area contributed by atoms with Gasteiger partial charge in [-0.1, -0.05) is 286 Å². The van der Waals surface area contributed by atoms with E-state index in [4.69, 9.17) is 10.0 Å². The molecule has 0 atom stereocenters. The lowest BCUT2D eigenvalue weighted by molar-refractivity contribution is 0.425. The van der Waals surface area contributed by atoms with Crippen LogP contribution in [0.5, 0.6) is 0 Å². The number of benzene rings is 13. The van der Waals surface area contributed by atoms with Crippen molar-refractivity contribution in [2.24, 2.45) is 0 Å². The summed E-state index contributed by atoms with van der Waals surface area (Å²) in [4.78, 5) is 11.5. The first-order valence-electron chi connectivity index (χ1n) is 38.0. The number of aryl methyl sites for hydroxylation is 2. The van der Waals surface area contributed by atoms with Gasteiger partial charge in [0.25, 0.3) is 0 Å². The lowest BCUT2D eigenvalue weighted by Gasteiger charge is -2.43. The molecule has 0 aliphatic carbocycles. The second-order valence-electron chi connectivity index (χ2n) is 30.2. The summed E-state index contributed by atoms with van der Waals surface area (Å²) < 4.78 is 54.3. The third-order valence-corrected chi connectivity index (χ3v) is 26.7. The molecule has 0 bridgehead atoms. The zero-order valence-electron chi connectivity index (χ0n) is 65.3. The van der Waals surface area contributed by atoms with Gasteiger partial charge in [0.15, 0.2) is 10.1 Å². The van der Waals surface area contributed by atoms with Crippen molar-refractivity contribution in [3.05, 3.63) is 404 Å². The summed E-state index contributed by atoms with van der Waals surface area (Å²) >= 11 is 10.4. The molecule has 3 aliphatic rings. The van der Waals surface area contributed by atoms with Gasteiger partial charge >= 0.3 is 7.12 Å². The summed E-state index contributed by atoms with van der Waals surface area (Å²) in [5.41, 5.74) is 26.5. The number of nitrogens with zero attached hydrogens (tertiary/aromatic N) is 3. The van der Waals surface area contributed by atoms with Gasteiger partial charge in [-0.15, -0.1) is 0 Å². The van der Waals surface area contributed by atoms with Crippen molar-refractivity contribution in [2.75, 3.05) is 15.5 Å². The molecule has 2 aromatic heterocycles. The van der Waals surface area contributed by atoms with E-state index >= 15 is 0 Å². The van der Waals surface area contributed by atoms with Crippen molar-refractivity contribution in [1.82, 2.24) is 9.97 Å². The number of nitrogens with one attached hydrogen (secondary N) is 2. The lowest BCUT2D eigenvalue weighted by Crippen LogP contribution is -2.31. The van der Waals surface area contributed by atoms with Crippen LogP contribution in [0.25, 0.3) is 44.5 Å². The van der Waals surface area contributed by atoms with Gasteiger partial charge in [0.2, 0.25) is 19.7 Å². The fourth-order valence-corrected chi connectivity index (χ4v) is 18.6. The molecular weight excluding hydrogens is 1670 g/mol. The maximum atomic E-state index is 13.4. The van der Waals surface area contributed by atoms with Crippen LogP contribution in [0.3, 0.4) is 0 Å². The maximum absolute atomic E-state index is 13.4. The van der Waals surface area contributed by atoms with E-state index in [1.807, 2.05) is 31.2 Å². The number of halogens is 3. The normalized spacial score (nSPS) is 13.3. The maximum Gasteiger partial charge on any atom is 0.488 e. The third kappa shape index (κ3) is 17.2. The van der Waals surface area contributed by atoms with E-state index in [9.17, 15) is 16.8 Å². The Kier molecular flexibility index (Phi) is 24.1. The molecular formula is C99H85BBr3N5O6S2. The second-order valence-corrected chi connectivity index (χ2v) is 36.7. The third-order valence-electron chi connectivity index (χ3n) is 21.5.